The Labute approximate surface area is 153 Å². The maximum absolute atomic E-state index is 12.2. The Morgan fingerprint density at radius 1 is 1.08 bits per heavy atom. The molecule has 1 N–H and O–H groups in total. The number of esters is 1. The molecule has 0 heterocycles. The minimum absolute atomic E-state index is 0.220. The fraction of sp³-hybridized carbons (Fsp3) is 0.300. The van der Waals surface area contributed by atoms with Gasteiger partial charge in [-0.1, -0.05) is 24.3 Å². The second kappa shape index (κ2) is 9.46. The zero-order chi connectivity index (χ0) is 18.9. The SMILES string of the molecule is CCOc1ccccc1C(=O)OCC(=O)N[C@@H](C)c1ccc(OC)cc1. The Bertz CT molecular complexity index is 742. The summed E-state index contributed by atoms with van der Waals surface area (Å²) in [5, 5.41) is 2.79. The van der Waals surface area contributed by atoms with Gasteiger partial charge in [0.1, 0.15) is 17.1 Å². The minimum Gasteiger partial charge on any atom is -0.497 e. The molecule has 1 amide bonds. The maximum Gasteiger partial charge on any atom is 0.342 e. The van der Waals surface area contributed by atoms with Crippen molar-refractivity contribution in [1.82, 2.24) is 5.32 Å². The van der Waals surface area contributed by atoms with Crippen LogP contribution in [0.25, 0.3) is 0 Å². The quantitative estimate of drug-likeness (QED) is 0.735. The van der Waals surface area contributed by atoms with E-state index in [1.807, 2.05) is 38.1 Å². The van der Waals surface area contributed by atoms with E-state index in [2.05, 4.69) is 5.32 Å². The Hall–Kier alpha value is -3.02. The summed E-state index contributed by atoms with van der Waals surface area (Å²) in [7, 11) is 1.60. The number of ether oxygens (including phenoxy) is 3. The number of methoxy groups -OCH3 is 1. The highest BCUT2D eigenvalue weighted by molar-refractivity contribution is 5.94. The van der Waals surface area contributed by atoms with E-state index >= 15 is 0 Å². The number of rotatable bonds is 8. The van der Waals surface area contributed by atoms with Gasteiger partial charge < -0.3 is 19.5 Å². The third-order valence-corrected chi connectivity index (χ3v) is 3.73. The van der Waals surface area contributed by atoms with Gasteiger partial charge in [0.15, 0.2) is 6.61 Å². The van der Waals surface area contributed by atoms with Gasteiger partial charge in [-0.2, -0.15) is 0 Å². The van der Waals surface area contributed by atoms with E-state index in [0.717, 1.165) is 11.3 Å². The molecule has 0 saturated carbocycles. The highest BCUT2D eigenvalue weighted by atomic mass is 16.5. The van der Waals surface area contributed by atoms with E-state index in [1.54, 1.807) is 31.4 Å². The van der Waals surface area contributed by atoms with Crippen molar-refractivity contribution in [2.75, 3.05) is 20.3 Å². The molecule has 0 unspecified atom stereocenters. The van der Waals surface area contributed by atoms with Crippen LogP contribution >= 0.6 is 0 Å². The van der Waals surface area contributed by atoms with Crippen molar-refractivity contribution in [3.05, 3.63) is 59.7 Å². The molecule has 2 rings (SSSR count). The predicted octanol–water partition coefficient (Wildman–Crippen LogP) is 3.13. The highest BCUT2D eigenvalue weighted by Gasteiger charge is 2.16. The molecule has 0 fully saturated rings. The molecule has 0 aliphatic carbocycles. The molecule has 6 nitrogen and oxygen atoms in total. The summed E-state index contributed by atoms with van der Waals surface area (Å²) in [6, 6.07) is 13.9. The number of carbonyl (C=O) groups excluding carboxylic acids is 2. The van der Waals surface area contributed by atoms with Crippen molar-refractivity contribution in [2.45, 2.75) is 19.9 Å². The molecular formula is C20H23NO5. The monoisotopic (exact) mass is 357 g/mol. The van der Waals surface area contributed by atoms with Gasteiger partial charge in [-0.3, -0.25) is 4.79 Å². The van der Waals surface area contributed by atoms with Crippen LogP contribution in [-0.2, 0) is 9.53 Å². The topological polar surface area (TPSA) is 73.9 Å². The van der Waals surface area contributed by atoms with E-state index in [9.17, 15) is 9.59 Å². The van der Waals surface area contributed by atoms with E-state index in [1.165, 1.54) is 0 Å². The second-order valence-corrected chi connectivity index (χ2v) is 5.57. The molecule has 0 aliphatic rings. The number of hydrogen-bond donors (Lipinski definition) is 1. The Kier molecular flexibility index (Phi) is 7.02. The van der Waals surface area contributed by atoms with E-state index < -0.39 is 5.97 Å². The number of benzene rings is 2. The fourth-order valence-corrected chi connectivity index (χ4v) is 2.38. The van der Waals surface area contributed by atoms with Crippen molar-refractivity contribution in [3.63, 3.8) is 0 Å². The number of nitrogens with one attached hydrogen (secondary N) is 1. The Morgan fingerprint density at radius 2 is 1.77 bits per heavy atom. The lowest BCUT2D eigenvalue weighted by Crippen LogP contribution is -2.31. The summed E-state index contributed by atoms with van der Waals surface area (Å²) in [4.78, 5) is 24.2. The minimum atomic E-state index is -0.596. The molecule has 0 saturated heterocycles. The first-order valence-electron chi connectivity index (χ1n) is 8.37. The molecule has 26 heavy (non-hydrogen) atoms. The molecule has 0 spiro atoms. The highest BCUT2D eigenvalue weighted by Crippen LogP contribution is 2.19. The van der Waals surface area contributed by atoms with Gasteiger partial charge in [-0.15, -0.1) is 0 Å². The van der Waals surface area contributed by atoms with Crippen molar-refractivity contribution in [2.24, 2.45) is 0 Å². The van der Waals surface area contributed by atoms with Crippen LogP contribution in [0.5, 0.6) is 11.5 Å². The van der Waals surface area contributed by atoms with Crippen molar-refractivity contribution in [1.29, 1.82) is 0 Å². The summed E-state index contributed by atoms with van der Waals surface area (Å²) >= 11 is 0. The molecule has 2 aromatic carbocycles. The van der Waals surface area contributed by atoms with Crippen LogP contribution in [0.3, 0.4) is 0 Å². The first-order chi connectivity index (χ1) is 12.5. The Balaban J connectivity index is 1.88. The second-order valence-electron chi connectivity index (χ2n) is 5.57. The van der Waals surface area contributed by atoms with Crippen LogP contribution in [0.1, 0.15) is 35.8 Å². The maximum atomic E-state index is 12.2. The number of carbonyl (C=O) groups is 2. The first kappa shape index (κ1) is 19.3. The molecule has 0 radical (unpaired) electrons. The average molecular weight is 357 g/mol. The Morgan fingerprint density at radius 3 is 2.42 bits per heavy atom. The predicted molar refractivity (Wildman–Crippen MR) is 97.4 cm³/mol. The summed E-state index contributed by atoms with van der Waals surface area (Å²) in [5.74, 6) is 0.207. The van der Waals surface area contributed by atoms with E-state index in [4.69, 9.17) is 14.2 Å². The average Bonchev–Trinajstić information content (AvgIpc) is 2.67. The molecule has 1 atom stereocenters. The van der Waals surface area contributed by atoms with Crippen LogP contribution in [0.2, 0.25) is 0 Å². The molecule has 6 heteroatoms. The van der Waals surface area contributed by atoms with Gasteiger partial charge in [-0.05, 0) is 43.7 Å². The van der Waals surface area contributed by atoms with Crippen LogP contribution in [-0.4, -0.2) is 32.2 Å². The molecule has 0 aromatic heterocycles. The third-order valence-electron chi connectivity index (χ3n) is 3.73. The normalized spacial score (nSPS) is 11.3. The number of para-hydroxylation sites is 1. The van der Waals surface area contributed by atoms with Crippen molar-refractivity contribution < 1.29 is 23.8 Å². The van der Waals surface area contributed by atoms with Crippen LogP contribution in [0.4, 0.5) is 0 Å². The van der Waals surface area contributed by atoms with Crippen molar-refractivity contribution in [3.8, 4) is 11.5 Å². The van der Waals surface area contributed by atoms with Crippen LogP contribution in [0, 0.1) is 0 Å². The van der Waals surface area contributed by atoms with E-state index in [0.29, 0.717) is 17.9 Å². The smallest absolute Gasteiger partial charge is 0.342 e. The molecule has 0 aliphatic heterocycles. The standard InChI is InChI=1S/C20H23NO5/c1-4-25-18-8-6-5-7-17(18)20(23)26-13-19(22)21-14(2)15-9-11-16(24-3)12-10-15/h5-12,14H,4,13H2,1-3H3,(H,21,22)/t14-/m0/s1. The summed E-state index contributed by atoms with van der Waals surface area (Å²) < 4.78 is 15.6. The van der Waals surface area contributed by atoms with Gasteiger partial charge in [0.2, 0.25) is 0 Å². The van der Waals surface area contributed by atoms with Gasteiger partial charge in [-0.25, -0.2) is 4.79 Å². The van der Waals surface area contributed by atoms with Crippen LogP contribution in [0.15, 0.2) is 48.5 Å². The lowest BCUT2D eigenvalue weighted by atomic mass is 10.1. The fourth-order valence-electron chi connectivity index (χ4n) is 2.38. The van der Waals surface area contributed by atoms with Gasteiger partial charge >= 0.3 is 5.97 Å². The first-order valence-corrected chi connectivity index (χ1v) is 8.37. The van der Waals surface area contributed by atoms with Gasteiger partial charge in [0.25, 0.3) is 5.91 Å². The van der Waals surface area contributed by atoms with Crippen molar-refractivity contribution >= 4 is 11.9 Å². The largest absolute Gasteiger partial charge is 0.497 e. The van der Waals surface area contributed by atoms with Gasteiger partial charge in [0, 0.05) is 0 Å². The summed E-state index contributed by atoms with van der Waals surface area (Å²) in [5.41, 5.74) is 1.22. The molecule has 138 valence electrons. The molecule has 0 bridgehead atoms. The third kappa shape index (κ3) is 5.24. The lowest BCUT2D eigenvalue weighted by molar-refractivity contribution is -0.124. The van der Waals surface area contributed by atoms with Gasteiger partial charge in [0.05, 0.1) is 19.8 Å². The van der Waals surface area contributed by atoms with E-state index in [-0.39, 0.29) is 18.6 Å². The number of hydrogen-bond acceptors (Lipinski definition) is 5. The molecule has 2 aromatic rings. The lowest BCUT2D eigenvalue weighted by Gasteiger charge is -2.15. The molecular weight excluding hydrogens is 334 g/mol. The van der Waals surface area contributed by atoms with Crippen LogP contribution < -0.4 is 14.8 Å². The zero-order valence-corrected chi connectivity index (χ0v) is 15.2. The summed E-state index contributed by atoms with van der Waals surface area (Å²) in [6.45, 7) is 3.76. The number of amides is 1. The zero-order valence-electron chi connectivity index (χ0n) is 15.2. The summed E-state index contributed by atoms with van der Waals surface area (Å²) in [6.07, 6.45) is 0.